The number of nitrogens with one attached hydrogen (secondary N) is 1. The third kappa shape index (κ3) is 3.81. The van der Waals surface area contributed by atoms with Crippen molar-refractivity contribution >= 4 is 29.2 Å². The number of aromatic nitrogens is 1. The number of halogens is 1. The van der Waals surface area contributed by atoms with E-state index in [1.807, 2.05) is 24.5 Å². The smallest absolute Gasteiger partial charge is 0.237 e. The molecule has 0 radical (unpaired) electrons. The molecule has 2 aliphatic heterocycles. The predicted molar refractivity (Wildman–Crippen MR) is 121 cm³/mol. The van der Waals surface area contributed by atoms with Gasteiger partial charge in [0.15, 0.2) is 0 Å². The lowest BCUT2D eigenvalue weighted by Crippen LogP contribution is -2.20. The van der Waals surface area contributed by atoms with Crippen molar-refractivity contribution in [3.05, 3.63) is 83.4 Å². The highest BCUT2D eigenvalue weighted by molar-refractivity contribution is 6.12. The molecule has 0 saturated carbocycles. The summed E-state index contributed by atoms with van der Waals surface area (Å²) in [6, 6.07) is 14.6. The lowest BCUT2D eigenvalue weighted by Gasteiger charge is -2.21. The maximum atomic E-state index is 13.6. The summed E-state index contributed by atoms with van der Waals surface area (Å²) in [5.74, 6) is -0.603. The number of benzene rings is 2. The normalized spacial score (nSPS) is 20.3. The molecule has 2 atom stereocenters. The summed E-state index contributed by atoms with van der Waals surface area (Å²) in [6.45, 7) is 4.08. The second-order valence-electron chi connectivity index (χ2n) is 8.16. The van der Waals surface area contributed by atoms with Crippen LogP contribution in [0.5, 0.6) is 0 Å². The minimum Gasteiger partial charge on any atom is -0.371 e. The number of anilines is 2. The van der Waals surface area contributed by atoms with E-state index < -0.39 is 5.92 Å². The van der Waals surface area contributed by atoms with Gasteiger partial charge in [-0.3, -0.25) is 14.8 Å². The molecule has 2 aromatic carbocycles. The number of rotatable bonds is 4. The lowest BCUT2D eigenvalue weighted by atomic mass is 10.00. The first-order chi connectivity index (χ1) is 15.1. The SMILES string of the molecule is Cc1cc(N=CC2C(=O)Nc3ccc(F)cc32)ccc1N1CCC(c2ccncc2)C1. The van der Waals surface area contributed by atoms with Crippen LogP contribution in [0.4, 0.5) is 21.5 Å². The van der Waals surface area contributed by atoms with Gasteiger partial charge in [-0.1, -0.05) is 0 Å². The van der Waals surface area contributed by atoms with Crippen LogP contribution in [-0.2, 0) is 4.79 Å². The summed E-state index contributed by atoms with van der Waals surface area (Å²) in [5.41, 5.74) is 5.74. The zero-order chi connectivity index (χ0) is 21.4. The first kappa shape index (κ1) is 19.4. The van der Waals surface area contributed by atoms with Gasteiger partial charge in [0, 0.05) is 49.0 Å². The molecule has 1 fully saturated rings. The van der Waals surface area contributed by atoms with Crippen molar-refractivity contribution in [2.75, 3.05) is 23.3 Å². The van der Waals surface area contributed by atoms with Crippen LogP contribution in [0.25, 0.3) is 0 Å². The van der Waals surface area contributed by atoms with E-state index >= 15 is 0 Å². The molecule has 31 heavy (non-hydrogen) atoms. The predicted octanol–water partition coefficient (Wildman–Crippen LogP) is 4.96. The monoisotopic (exact) mass is 414 g/mol. The van der Waals surface area contributed by atoms with Gasteiger partial charge >= 0.3 is 0 Å². The zero-order valence-electron chi connectivity index (χ0n) is 17.3. The third-order valence-electron chi connectivity index (χ3n) is 6.15. The molecule has 156 valence electrons. The van der Waals surface area contributed by atoms with E-state index in [1.54, 1.807) is 12.3 Å². The Balaban J connectivity index is 1.32. The molecular weight excluding hydrogens is 391 g/mol. The standard InChI is InChI=1S/C25H23FN4O/c1-16-12-20(28-14-22-21-13-19(26)2-4-23(21)29-25(22)31)3-5-24(16)30-11-8-18(15-30)17-6-9-27-10-7-17/h2-7,9-10,12-14,18,22H,8,11,15H2,1H3,(H,29,31). The van der Waals surface area contributed by atoms with E-state index in [4.69, 9.17) is 0 Å². The van der Waals surface area contributed by atoms with E-state index in [0.717, 1.165) is 30.8 Å². The van der Waals surface area contributed by atoms with E-state index in [-0.39, 0.29) is 11.7 Å². The number of hydrogen-bond donors (Lipinski definition) is 1. The number of carbonyl (C=O) groups is 1. The average Bonchev–Trinajstić information content (AvgIpc) is 3.37. The van der Waals surface area contributed by atoms with Crippen LogP contribution in [0.3, 0.4) is 0 Å². The van der Waals surface area contributed by atoms with Crippen molar-refractivity contribution in [1.82, 2.24) is 4.98 Å². The summed E-state index contributed by atoms with van der Waals surface area (Å²) in [5, 5.41) is 2.78. The Morgan fingerprint density at radius 2 is 2.00 bits per heavy atom. The van der Waals surface area contributed by atoms with Crippen LogP contribution in [0.2, 0.25) is 0 Å². The van der Waals surface area contributed by atoms with Gasteiger partial charge in [0.1, 0.15) is 11.7 Å². The van der Waals surface area contributed by atoms with Crippen molar-refractivity contribution < 1.29 is 9.18 Å². The Labute approximate surface area is 180 Å². The zero-order valence-corrected chi connectivity index (χ0v) is 17.3. The maximum absolute atomic E-state index is 13.6. The second-order valence-corrected chi connectivity index (χ2v) is 8.16. The molecule has 5 nitrogen and oxygen atoms in total. The highest BCUT2D eigenvalue weighted by atomic mass is 19.1. The molecule has 1 N–H and O–H groups in total. The Morgan fingerprint density at radius 1 is 1.16 bits per heavy atom. The van der Waals surface area contributed by atoms with Gasteiger partial charge in [-0.25, -0.2) is 4.39 Å². The molecule has 0 bridgehead atoms. The fourth-order valence-corrected chi connectivity index (χ4v) is 4.53. The molecule has 5 rings (SSSR count). The number of fused-ring (bicyclic) bond motifs is 1. The fraction of sp³-hybridized carbons (Fsp3) is 0.240. The molecule has 3 aromatic rings. The van der Waals surface area contributed by atoms with Crippen LogP contribution in [-0.4, -0.2) is 30.2 Å². The number of aryl methyl sites for hydroxylation is 1. The summed E-state index contributed by atoms with van der Waals surface area (Å²) in [4.78, 5) is 23.3. The topological polar surface area (TPSA) is 57.6 Å². The number of nitrogens with zero attached hydrogens (tertiary/aromatic N) is 3. The van der Waals surface area contributed by atoms with Gasteiger partial charge in [0.25, 0.3) is 0 Å². The van der Waals surface area contributed by atoms with Crippen molar-refractivity contribution in [3.63, 3.8) is 0 Å². The molecule has 6 heteroatoms. The number of amides is 1. The molecule has 1 aromatic heterocycles. The minimum absolute atomic E-state index is 0.183. The van der Waals surface area contributed by atoms with Crippen molar-refractivity contribution in [2.24, 2.45) is 4.99 Å². The third-order valence-corrected chi connectivity index (χ3v) is 6.15. The van der Waals surface area contributed by atoms with Crippen LogP contribution >= 0.6 is 0 Å². The first-order valence-electron chi connectivity index (χ1n) is 10.5. The average molecular weight is 414 g/mol. The molecule has 1 saturated heterocycles. The fourth-order valence-electron chi connectivity index (χ4n) is 4.53. The molecule has 3 heterocycles. The summed E-state index contributed by atoms with van der Waals surface area (Å²) >= 11 is 0. The van der Waals surface area contributed by atoms with Crippen molar-refractivity contribution in [2.45, 2.75) is 25.2 Å². The van der Waals surface area contributed by atoms with E-state index in [1.165, 1.54) is 23.4 Å². The molecule has 2 unspecified atom stereocenters. The van der Waals surface area contributed by atoms with Gasteiger partial charge in [-0.05, 0) is 78.6 Å². The van der Waals surface area contributed by atoms with Gasteiger partial charge in [0.2, 0.25) is 5.91 Å². The summed E-state index contributed by atoms with van der Waals surface area (Å²) in [6.07, 6.45) is 6.43. The maximum Gasteiger partial charge on any atom is 0.237 e. The molecule has 0 aliphatic carbocycles. The Bertz CT molecular complexity index is 1160. The molecule has 0 spiro atoms. The molecule has 2 aliphatic rings. The largest absolute Gasteiger partial charge is 0.371 e. The lowest BCUT2D eigenvalue weighted by molar-refractivity contribution is -0.115. The van der Waals surface area contributed by atoms with Gasteiger partial charge in [-0.15, -0.1) is 0 Å². The van der Waals surface area contributed by atoms with E-state index in [9.17, 15) is 9.18 Å². The van der Waals surface area contributed by atoms with Gasteiger partial charge < -0.3 is 10.2 Å². The number of pyridine rings is 1. The highest BCUT2D eigenvalue weighted by Crippen LogP contribution is 2.35. The van der Waals surface area contributed by atoms with Gasteiger partial charge in [0.05, 0.1) is 5.69 Å². The van der Waals surface area contributed by atoms with Crippen LogP contribution in [0.15, 0.2) is 65.9 Å². The number of hydrogen-bond acceptors (Lipinski definition) is 4. The summed E-state index contributed by atoms with van der Waals surface area (Å²) in [7, 11) is 0. The molecule has 1 amide bonds. The van der Waals surface area contributed by atoms with Gasteiger partial charge in [-0.2, -0.15) is 0 Å². The van der Waals surface area contributed by atoms with Crippen LogP contribution in [0.1, 0.15) is 34.9 Å². The van der Waals surface area contributed by atoms with Crippen molar-refractivity contribution in [3.8, 4) is 0 Å². The Morgan fingerprint density at radius 3 is 2.81 bits per heavy atom. The number of carbonyl (C=O) groups excluding carboxylic acids is 1. The quantitative estimate of drug-likeness (QED) is 0.614. The van der Waals surface area contributed by atoms with E-state index in [2.05, 4.69) is 45.3 Å². The highest BCUT2D eigenvalue weighted by Gasteiger charge is 2.29. The van der Waals surface area contributed by atoms with E-state index in [0.29, 0.717) is 17.2 Å². The second kappa shape index (κ2) is 7.95. The summed E-state index contributed by atoms with van der Waals surface area (Å²) < 4.78 is 13.6. The van der Waals surface area contributed by atoms with Crippen LogP contribution < -0.4 is 10.2 Å². The Kier molecular flexibility index (Phi) is 4.98. The Hall–Kier alpha value is -3.54. The first-order valence-corrected chi connectivity index (χ1v) is 10.5. The molecular formula is C25H23FN4O. The minimum atomic E-state index is -0.578. The van der Waals surface area contributed by atoms with Crippen molar-refractivity contribution in [1.29, 1.82) is 0 Å². The van der Waals surface area contributed by atoms with Crippen LogP contribution in [0, 0.1) is 12.7 Å². The number of aliphatic imine (C=N–C) groups is 1.